The predicted molar refractivity (Wildman–Crippen MR) is 101 cm³/mol. The van der Waals surface area contributed by atoms with Crippen molar-refractivity contribution in [2.24, 2.45) is 0 Å². The van der Waals surface area contributed by atoms with Crippen LogP contribution < -0.4 is 0 Å². The van der Waals surface area contributed by atoms with Gasteiger partial charge in [-0.25, -0.2) is 8.42 Å². The minimum absolute atomic E-state index is 0.0886. The zero-order chi connectivity index (χ0) is 19.8. The summed E-state index contributed by atoms with van der Waals surface area (Å²) < 4.78 is 33.8. The Hall–Kier alpha value is -2.29. The largest absolute Gasteiger partial charge is 0.370 e. The molecule has 2 aromatic rings. The Bertz CT molecular complexity index is 954. The lowest BCUT2D eigenvalue weighted by Gasteiger charge is -2.44. The van der Waals surface area contributed by atoms with Crippen molar-refractivity contribution in [3.8, 4) is 0 Å². The average Bonchev–Trinajstić information content (AvgIpc) is 2.62. The molecule has 27 heavy (non-hydrogen) atoms. The first-order valence-corrected chi connectivity index (χ1v) is 10.0. The van der Waals surface area contributed by atoms with E-state index in [1.165, 1.54) is 22.5 Å². The van der Waals surface area contributed by atoms with Crippen molar-refractivity contribution in [1.29, 1.82) is 0 Å². The Morgan fingerprint density at radius 1 is 1.19 bits per heavy atom. The van der Waals surface area contributed by atoms with Crippen LogP contribution in [0.2, 0.25) is 0 Å². The van der Waals surface area contributed by atoms with Gasteiger partial charge in [-0.15, -0.1) is 0 Å². The van der Waals surface area contributed by atoms with Gasteiger partial charge in [0.1, 0.15) is 0 Å². The van der Waals surface area contributed by atoms with Gasteiger partial charge in [0.25, 0.3) is 5.69 Å². The highest BCUT2D eigenvalue weighted by Gasteiger charge is 2.43. The van der Waals surface area contributed by atoms with Crippen molar-refractivity contribution in [2.45, 2.75) is 37.3 Å². The molecule has 144 valence electrons. The summed E-state index contributed by atoms with van der Waals surface area (Å²) >= 11 is 0. The van der Waals surface area contributed by atoms with Gasteiger partial charge in [0.15, 0.2) is 0 Å². The van der Waals surface area contributed by atoms with E-state index in [0.717, 1.165) is 17.2 Å². The molecule has 7 nitrogen and oxygen atoms in total. The number of hydrogen-bond donors (Lipinski definition) is 0. The van der Waals surface area contributed by atoms with Gasteiger partial charge in [-0.05, 0) is 32.4 Å². The van der Waals surface area contributed by atoms with Gasteiger partial charge >= 0.3 is 0 Å². The van der Waals surface area contributed by atoms with E-state index in [-0.39, 0.29) is 23.7 Å². The molecule has 3 rings (SSSR count). The van der Waals surface area contributed by atoms with E-state index in [4.69, 9.17) is 4.74 Å². The minimum Gasteiger partial charge on any atom is -0.370 e. The molecule has 1 atom stereocenters. The molecule has 1 fully saturated rings. The Labute approximate surface area is 158 Å². The van der Waals surface area contributed by atoms with Crippen LogP contribution in [0, 0.1) is 17.0 Å². The monoisotopic (exact) mass is 390 g/mol. The lowest BCUT2D eigenvalue weighted by Crippen LogP contribution is -2.56. The molecule has 8 heteroatoms. The average molecular weight is 390 g/mol. The van der Waals surface area contributed by atoms with Crippen LogP contribution in [0.1, 0.15) is 31.1 Å². The lowest BCUT2D eigenvalue weighted by molar-refractivity contribution is -0.385. The van der Waals surface area contributed by atoms with Crippen LogP contribution in [0.25, 0.3) is 0 Å². The van der Waals surface area contributed by atoms with Gasteiger partial charge in [-0.1, -0.05) is 35.9 Å². The van der Waals surface area contributed by atoms with Crippen LogP contribution in [0.5, 0.6) is 0 Å². The highest BCUT2D eigenvalue weighted by atomic mass is 32.2. The summed E-state index contributed by atoms with van der Waals surface area (Å²) in [6.45, 7) is 5.91. The van der Waals surface area contributed by atoms with Crippen LogP contribution in [-0.4, -0.2) is 36.3 Å². The molecule has 0 radical (unpaired) electrons. The first-order valence-electron chi connectivity index (χ1n) is 8.57. The fourth-order valence-electron chi connectivity index (χ4n) is 3.12. The van der Waals surface area contributed by atoms with Gasteiger partial charge in [-0.2, -0.15) is 4.31 Å². The zero-order valence-electron chi connectivity index (χ0n) is 15.5. The second-order valence-electron chi connectivity index (χ2n) is 7.31. The quantitative estimate of drug-likeness (QED) is 0.589. The molecule has 0 bridgehead atoms. The second-order valence-corrected chi connectivity index (χ2v) is 9.18. The third-order valence-corrected chi connectivity index (χ3v) is 6.78. The maximum absolute atomic E-state index is 13.3. The van der Waals surface area contributed by atoms with E-state index >= 15 is 0 Å². The van der Waals surface area contributed by atoms with Crippen LogP contribution in [0.3, 0.4) is 0 Å². The van der Waals surface area contributed by atoms with Gasteiger partial charge in [0.2, 0.25) is 10.0 Å². The molecule has 0 spiro atoms. The molecule has 1 heterocycles. The summed E-state index contributed by atoms with van der Waals surface area (Å²) in [5, 5.41) is 11.0. The van der Waals surface area contributed by atoms with Gasteiger partial charge in [-0.3, -0.25) is 10.1 Å². The third kappa shape index (κ3) is 3.87. The highest BCUT2D eigenvalue weighted by molar-refractivity contribution is 7.89. The number of rotatable bonds is 4. The van der Waals surface area contributed by atoms with Crippen molar-refractivity contribution >= 4 is 15.7 Å². The van der Waals surface area contributed by atoms with Crippen molar-refractivity contribution < 1.29 is 18.1 Å². The van der Waals surface area contributed by atoms with Crippen molar-refractivity contribution in [2.75, 3.05) is 13.2 Å². The predicted octanol–water partition coefficient (Wildman–Crippen LogP) is 3.44. The Balaban J connectivity index is 1.97. The topological polar surface area (TPSA) is 89.8 Å². The summed E-state index contributed by atoms with van der Waals surface area (Å²) in [6, 6.07) is 12.9. The highest BCUT2D eigenvalue weighted by Crippen LogP contribution is 2.35. The van der Waals surface area contributed by atoms with E-state index in [1.807, 2.05) is 31.2 Å². The molecule has 0 N–H and O–H groups in total. The first kappa shape index (κ1) is 19.5. The Morgan fingerprint density at radius 2 is 1.85 bits per heavy atom. The lowest BCUT2D eigenvalue weighted by atomic mass is 10.0. The molecule has 1 aliphatic rings. The summed E-state index contributed by atoms with van der Waals surface area (Å²) in [5.74, 6) is 0. The number of nitro groups is 1. The van der Waals surface area contributed by atoms with Crippen LogP contribution in [0.15, 0.2) is 53.4 Å². The van der Waals surface area contributed by atoms with Crippen LogP contribution in [-0.2, 0) is 14.8 Å². The van der Waals surface area contributed by atoms with E-state index in [0.29, 0.717) is 0 Å². The van der Waals surface area contributed by atoms with E-state index in [1.54, 1.807) is 13.8 Å². The fraction of sp³-hybridized carbons (Fsp3) is 0.368. The van der Waals surface area contributed by atoms with Gasteiger partial charge in [0.05, 0.1) is 28.1 Å². The summed E-state index contributed by atoms with van der Waals surface area (Å²) in [4.78, 5) is 10.3. The number of morpholine rings is 1. The molecule has 2 aromatic carbocycles. The molecule has 0 amide bonds. The summed E-state index contributed by atoms with van der Waals surface area (Å²) in [6.07, 6.45) is -0.396. The number of benzene rings is 2. The normalized spacial score (nSPS) is 20.3. The van der Waals surface area contributed by atoms with Crippen molar-refractivity contribution in [3.63, 3.8) is 0 Å². The summed E-state index contributed by atoms with van der Waals surface area (Å²) in [7, 11) is -3.93. The van der Waals surface area contributed by atoms with Crippen molar-refractivity contribution in [3.05, 3.63) is 69.8 Å². The zero-order valence-corrected chi connectivity index (χ0v) is 16.3. The summed E-state index contributed by atoms with van der Waals surface area (Å²) in [5.41, 5.74) is 0.980. The molecular formula is C19H22N2O5S. The maximum Gasteiger partial charge on any atom is 0.270 e. The Morgan fingerprint density at radius 3 is 2.48 bits per heavy atom. The number of hydrogen-bond acceptors (Lipinski definition) is 5. The standard InChI is InChI=1S/C19H22N2O5S/c1-14-7-9-15(10-8-14)18-12-20(19(2,3)13-26-18)27(24,25)17-6-4-5-16(11-17)21(22)23/h4-11,18H,12-13H2,1-3H3. The van der Waals surface area contributed by atoms with Crippen molar-refractivity contribution in [1.82, 2.24) is 4.31 Å². The molecule has 1 saturated heterocycles. The van der Waals surface area contributed by atoms with Crippen LogP contribution in [0.4, 0.5) is 5.69 Å². The SMILES string of the molecule is Cc1ccc(C2CN(S(=O)(=O)c3cccc([N+](=O)[O-])c3)C(C)(C)CO2)cc1. The minimum atomic E-state index is -3.93. The number of aryl methyl sites for hydroxylation is 1. The van der Waals surface area contributed by atoms with E-state index in [2.05, 4.69) is 0 Å². The molecule has 1 aliphatic heterocycles. The van der Waals surface area contributed by atoms with E-state index < -0.39 is 26.6 Å². The molecule has 0 aromatic heterocycles. The Kier molecular flexibility index (Phi) is 5.07. The molecule has 1 unspecified atom stereocenters. The molecule has 0 aliphatic carbocycles. The molecule has 0 saturated carbocycles. The number of non-ortho nitro benzene ring substituents is 1. The number of nitro benzene ring substituents is 1. The number of ether oxygens (including phenoxy) is 1. The van der Waals surface area contributed by atoms with Gasteiger partial charge < -0.3 is 4.74 Å². The second kappa shape index (κ2) is 7.03. The smallest absolute Gasteiger partial charge is 0.270 e. The number of sulfonamides is 1. The third-order valence-electron chi connectivity index (χ3n) is 4.71. The number of nitrogens with zero attached hydrogens (tertiary/aromatic N) is 2. The van der Waals surface area contributed by atoms with Gasteiger partial charge in [0, 0.05) is 18.7 Å². The van der Waals surface area contributed by atoms with Crippen LogP contribution >= 0.6 is 0 Å². The maximum atomic E-state index is 13.3. The van der Waals surface area contributed by atoms with E-state index in [9.17, 15) is 18.5 Å². The fourth-order valence-corrected chi connectivity index (χ4v) is 4.93. The molecular weight excluding hydrogens is 368 g/mol. The first-order chi connectivity index (χ1) is 12.6.